The average Bonchev–Trinajstić information content (AvgIpc) is 2.61. The molecule has 3 heterocycles. The molecule has 0 aromatic carbocycles. The number of hydrogen-bond acceptors (Lipinski definition) is 5. The standard InChI is InChI=1S/C18H23N3O3/c1-4-13-9-14-15(20-7-5-18(2,24-3)6-8-20)10-17(23)21(12-22)16(14)11-19-13/h9-12H,4-8H2,1-3H3. The molecular formula is C18H23N3O3. The van der Waals surface area contributed by atoms with E-state index in [0.29, 0.717) is 11.9 Å². The summed E-state index contributed by atoms with van der Waals surface area (Å²) in [5.74, 6) is 0. The molecule has 2 aromatic heterocycles. The summed E-state index contributed by atoms with van der Waals surface area (Å²) >= 11 is 0. The Labute approximate surface area is 141 Å². The first-order valence-electron chi connectivity index (χ1n) is 8.31. The summed E-state index contributed by atoms with van der Waals surface area (Å²) in [6.45, 7) is 5.78. The zero-order valence-corrected chi connectivity index (χ0v) is 14.4. The van der Waals surface area contributed by atoms with Crippen LogP contribution in [0.3, 0.4) is 0 Å². The summed E-state index contributed by atoms with van der Waals surface area (Å²) < 4.78 is 6.72. The van der Waals surface area contributed by atoms with Crippen molar-refractivity contribution >= 4 is 23.0 Å². The van der Waals surface area contributed by atoms with Crippen LogP contribution in [0.4, 0.5) is 5.69 Å². The third kappa shape index (κ3) is 2.82. The Morgan fingerprint density at radius 1 is 1.33 bits per heavy atom. The van der Waals surface area contributed by atoms with Crippen LogP contribution >= 0.6 is 0 Å². The van der Waals surface area contributed by atoms with Crippen LogP contribution in [-0.2, 0) is 16.0 Å². The molecule has 0 spiro atoms. The zero-order chi connectivity index (χ0) is 17.3. The first-order chi connectivity index (χ1) is 11.5. The number of hydrogen-bond donors (Lipinski definition) is 0. The minimum absolute atomic E-state index is 0.111. The van der Waals surface area contributed by atoms with Gasteiger partial charge in [0.25, 0.3) is 5.56 Å². The highest BCUT2D eigenvalue weighted by Gasteiger charge is 2.30. The lowest BCUT2D eigenvalue weighted by Crippen LogP contribution is -2.44. The molecule has 0 aliphatic carbocycles. The van der Waals surface area contributed by atoms with Crippen LogP contribution in [0.1, 0.15) is 32.4 Å². The first kappa shape index (κ1) is 16.6. The Kier molecular flexibility index (Phi) is 4.41. The van der Waals surface area contributed by atoms with E-state index in [-0.39, 0.29) is 11.2 Å². The van der Waals surface area contributed by atoms with Gasteiger partial charge in [0.1, 0.15) is 0 Å². The topological polar surface area (TPSA) is 64.4 Å². The Morgan fingerprint density at radius 2 is 2.04 bits per heavy atom. The summed E-state index contributed by atoms with van der Waals surface area (Å²) in [7, 11) is 1.75. The van der Waals surface area contributed by atoms with Gasteiger partial charge < -0.3 is 9.64 Å². The summed E-state index contributed by atoms with van der Waals surface area (Å²) in [6.07, 6.45) is 4.77. The molecule has 1 aliphatic heterocycles. The van der Waals surface area contributed by atoms with Crippen molar-refractivity contribution < 1.29 is 9.53 Å². The third-order valence-corrected chi connectivity index (χ3v) is 5.09. The van der Waals surface area contributed by atoms with E-state index in [0.717, 1.165) is 53.7 Å². The summed E-state index contributed by atoms with van der Waals surface area (Å²) in [6, 6.07) is 3.54. The number of rotatable bonds is 4. The van der Waals surface area contributed by atoms with Gasteiger partial charge in [-0.15, -0.1) is 0 Å². The lowest BCUT2D eigenvalue weighted by molar-refractivity contribution is -0.0132. The lowest BCUT2D eigenvalue weighted by Gasteiger charge is -2.39. The van der Waals surface area contributed by atoms with Gasteiger partial charge in [-0.1, -0.05) is 6.92 Å². The SMILES string of the molecule is CCc1cc2c(N3CCC(C)(OC)CC3)cc(=O)n(C=O)c2cn1. The van der Waals surface area contributed by atoms with E-state index < -0.39 is 0 Å². The smallest absolute Gasteiger partial charge is 0.259 e. The number of aryl methyl sites for hydroxylation is 1. The normalized spacial score (nSPS) is 17.2. The largest absolute Gasteiger partial charge is 0.378 e. The van der Waals surface area contributed by atoms with Crippen molar-refractivity contribution in [2.24, 2.45) is 0 Å². The van der Waals surface area contributed by atoms with Crippen molar-refractivity contribution in [3.63, 3.8) is 0 Å². The van der Waals surface area contributed by atoms with Gasteiger partial charge in [0, 0.05) is 37.3 Å². The number of carbonyl (C=O) groups is 1. The number of anilines is 1. The minimum Gasteiger partial charge on any atom is -0.378 e. The molecular weight excluding hydrogens is 306 g/mol. The molecule has 0 radical (unpaired) electrons. The predicted octanol–water partition coefficient (Wildman–Crippen LogP) is 2.00. The molecule has 24 heavy (non-hydrogen) atoms. The first-order valence-corrected chi connectivity index (χ1v) is 8.31. The highest BCUT2D eigenvalue weighted by atomic mass is 16.5. The molecule has 0 N–H and O–H groups in total. The Morgan fingerprint density at radius 3 is 2.62 bits per heavy atom. The molecule has 0 amide bonds. The summed E-state index contributed by atoms with van der Waals surface area (Å²) in [4.78, 5) is 30.2. The van der Waals surface area contributed by atoms with Gasteiger partial charge in [-0.2, -0.15) is 0 Å². The number of carbonyl (C=O) groups excluding carboxylic acids is 1. The molecule has 1 fully saturated rings. The molecule has 3 rings (SSSR count). The van der Waals surface area contributed by atoms with Crippen molar-refractivity contribution in [2.45, 2.75) is 38.7 Å². The Hall–Kier alpha value is -2.21. The maximum absolute atomic E-state index is 12.3. The van der Waals surface area contributed by atoms with E-state index in [1.807, 2.05) is 13.0 Å². The Balaban J connectivity index is 2.11. The van der Waals surface area contributed by atoms with Gasteiger partial charge in [-0.3, -0.25) is 14.6 Å². The van der Waals surface area contributed by atoms with Crippen LogP contribution < -0.4 is 10.5 Å². The molecule has 6 heteroatoms. The summed E-state index contributed by atoms with van der Waals surface area (Å²) in [5, 5.41) is 0.898. The van der Waals surface area contributed by atoms with Crippen molar-refractivity contribution in [1.29, 1.82) is 0 Å². The van der Waals surface area contributed by atoms with E-state index in [2.05, 4.69) is 16.8 Å². The van der Waals surface area contributed by atoms with Crippen LogP contribution in [0.2, 0.25) is 0 Å². The fourth-order valence-electron chi connectivity index (χ4n) is 3.26. The number of piperidine rings is 1. The van der Waals surface area contributed by atoms with E-state index in [9.17, 15) is 9.59 Å². The maximum atomic E-state index is 12.3. The van der Waals surface area contributed by atoms with Crippen molar-refractivity contribution in [1.82, 2.24) is 9.55 Å². The second-order valence-corrected chi connectivity index (χ2v) is 6.53. The molecule has 0 saturated carbocycles. The Bertz CT molecular complexity index is 820. The van der Waals surface area contributed by atoms with Gasteiger partial charge in [0.05, 0.1) is 23.0 Å². The average molecular weight is 329 g/mol. The van der Waals surface area contributed by atoms with Crippen LogP contribution in [0.25, 0.3) is 10.9 Å². The van der Waals surface area contributed by atoms with Crippen molar-refractivity contribution in [2.75, 3.05) is 25.1 Å². The fraction of sp³-hybridized carbons (Fsp3) is 0.500. The van der Waals surface area contributed by atoms with Gasteiger partial charge >= 0.3 is 0 Å². The van der Waals surface area contributed by atoms with Gasteiger partial charge in [-0.25, -0.2) is 4.57 Å². The predicted molar refractivity (Wildman–Crippen MR) is 94.4 cm³/mol. The number of fused-ring (bicyclic) bond motifs is 1. The van der Waals surface area contributed by atoms with Crippen molar-refractivity contribution in [3.05, 3.63) is 34.4 Å². The molecule has 6 nitrogen and oxygen atoms in total. The molecule has 0 bridgehead atoms. The molecule has 2 aromatic rings. The van der Waals surface area contributed by atoms with Crippen molar-refractivity contribution in [3.8, 4) is 0 Å². The maximum Gasteiger partial charge on any atom is 0.259 e. The van der Waals surface area contributed by atoms with Crippen LogP contribution in [0.15, 0.2) is 23.1 Å². The van der Waals surface area contributed by atoms with Crippen LogP contribution in [0, 0.1) is 0 Å². The van der Waals surface area contributed by atoms with Crippen LogP contribution in [-0.4, -0.2) is 41.8 Å². The molecule has 0 atom stereocenters. The summed E-state index contributed by atoms with van der Waals surface area (Å²) in [5.41, 5.74) is 1.95. The lowest BCUT2D eigenvalue weighted by atomic mass is 9.93. The highest BCUT2D eigenvalue weighted by molar-refractivity contribution is 5.94. The second kappa shape index (κ2) is 6.36. The molecule has 0 unspecified atom stereocenters. The highest BCUT2D eigenvalue weighted by Crippen LogP contribution is 2.31. The van der Waals surface area contributed by atoms with E-state index in [1.54, 1.807) is 19.4 Å². The quantitative estimate of drug-likeness (QED) is 0.803. The van der Waals surface area contributed by atoms with Gasteiger partial charge in [-0.05, 0) is 32.3 Å². The molecule has 1 saturated heterocycles. The number of ether oxygens (including phenoxy) is 1. The fourth-order valence-corrected chi connectivity index (χ4v) is 3.26. The monoisotopic (exact) mass is 329 g/mol. The van der Waals surface area contributed by atoms with Gasteiger partial charge in [0.15, 0.2) is 0 Å². The second-order valence-electron chi connectivity index (χ2n) is 6.53. The van der Waals surface area contributed by atoms with Gasteiger partial charge in [0.2, 0.25) is 6.41 Å². The number of pyridine rings is 2. The van der Waals surface area contributed by atoms with Crippen LogP contribution in [0.5, 0.6) is 0 Å². The minimum atomic E-state index is -0.321. The third-order valence-electron chi connectivity index (χ3n) is 5.09. The number of aromatic nitrogens is 2. The zero-order valence-electron chi connectivity index (χ0n) is 14.4. The van der Waals surface area contributed by atoms with E-state index >= 15 is 0 Å². The number of nitrogens with zero attached hydrogens (tertiary/aromatic N) is 3. The number of methoxy groups -OCH3 is 1. The van der Waals surface area contributed by atoms with E-state index in [1.165, 1.54) is 0 Å². The molecule has 1 aliphatic rings. The van der Waals surface area contributed by atoms with E-state index in [4.69, 9.17) is 4.74 Å². The molecule has 128 valence electrons.